The zero-order chi connectivity index (χ0) is 16.5. The van der Waals surface area contributed by atoms with E-state index in [0.29, 0.717) is 23.0 Å². The second-order valence-electron chi connectivity index (χ2n) is 6.61. The number of carbonyl (C=O) groups excluding carboxylic acids is 1. The number of benzene rings is 2. The maximum atomic E-state index is 12.9. The van der Waals surface area contributed by atoms with Crippen molar-refractivity contribution in [3.8, 4) is 0 Å². The van der Waals surface area contributed by atoms with Crippen LogP contribution >= 0.6 is 0 Å². The van der Waals surface area contributed by atoms with Crippen LogP contribution in [0.2, 0.25) is 0 Å². The third-order valence-electron chi connectivity index (χ3n) is 4.98. The molecule has 1 fully saturated rings. The number of anilines is 1. The predicted octanol–water partition coefficient (Wildman–Crippen LogP) is 4.42. The largest absolute Gasteiger partial charge is 0.369 e. The monoisotopic (exact) mass is 319 g/mol. The summed E-state index contributed by atoms with van der Waals surface area (Å²) in [6.07, 6.45) is 6.09. The Morgan fingerprint density at radius 3 is 2.54 bits per heavy atom. The Balaban J connectivity index is 1.83. The number of hydrogen-bond acceptors (Lipinski definition) is 3. The molecule has 0 aliphatic heterocycles. The lowest BCUT2D eigenvalue weighted by Crippen LogP contribution is -2.08. The zero-order valence-corrected chi connectivity index (χ0v) is 13.6. The van der Waals surface area contributed by atoms with Gasteiger partial charge in [-0.15, -0.1) is 0 Å². The van der Waals surface area contributed by atoms with Crippen molar-refractivity contribution in [3.63, 3.8) is 0 Å². The van der Waals surface area contributed by atoms with Crippen molar-refractivity contribution in [2.75, 3.05) is 5.73 Å². The summed E-state index contributed by atoms with van der Waals surface area (Å²) < 4.78 is 0. The molecule has 122 valence electrons. The summed E-state index contributed by atoms with van der Waals surface area (Å²) in [6, 6.07) is 13.3. The lowest BCUT2D eigenvalue weighted by Gasteiger charge is -2.22. The van der Waals surface area contributed by atoms with Gasteiger partial charge in [0.2, 0.25) is 0 Å². The van der Waals surface area contributed by atoms with Crippen LogP contribution in [0.5, 0.6) is 0 Å². The zero-order valence-electron chi connectivity index (χ0n) is 13.6. The first-order chi connectivity index (χ1) is 11.7. The fourth-order valence-corrected chi connectivity index (χ4v) is 3.78. The maximum Gasteiger partial charge on any atom is 0.198 e. The molecule has 4 nitrogen and oxygen atoms in total. The molecule has 0 amide bonds. The van der Waals surface area contributed by atoms with E-state index in [2.05, 4.69) is 9.97 Å². The number of fused-ring (bicyclic) bond motifs is 1. The molecule has 3 aromatic rings. The minimum absolute atomic E-state index is 0.0442. The number of ketones is 1. The first-order valence-corrected chi connectivity index (χ1v) is 8.61. The van der Waals surface area contributed by atoms with Crippen LogP contribution < -0.4 is 5.73 Å². The fourth-order valence-electron chi connectivity index (χ4n) is 3.78. The molecule has 0 radical (unpaired) electrons. The molecule has 4 heteroatoms. The molecule has 0 saturated heterocycles. The van der Waals surface area contributed by atoms with Crippen molar-refractivity contribution in [2.45, 2.75) is 38.0 Å². The van der Waals surface area contributed by atoms with E-state index in [1.807, 2.05) is 42.5 Å². The van der Waals surface area contributed by atoms with Crippen LogP contribution in [0.4, 0.5) is 5.95 Å². The molecule has 1 aliphatic rings. The van der Waals surface area contributed by atoms with Gasteiger partial charge in [0.05, 0.1) is 11.0 Å². The van der Waals surface area contributed by atoms with Gasteiger partial charge in [0.15, 0.2) is 11.7 Å². The van der Waals surface area contributed by atoms with Crippen molar-refractivity contribution in [1.29, 1.82) is 0 Å². The van der Waals surface area contributed by atoms with E-state index in [0.717, 1.165) is 23.9 Å². The smallest absolute Gasteiger partial charge is 0.198 e. The second-order valence-corrected chi connectivity index (χ2v) is 6.61. The normalized spacial score (nSPS) is 15.7. The van der Waals surface area contributed by atoms with Crippen LogP contribution in [-0.4, -0.2) is 15.8 Å². The number of aromatic amines is 1. The third-order valence-corrected chi connectivity index (χ3v) is 4.98. The van der Waals surface area contributed by atoms with Crippen LogP contribution in [0.1, 0.15) is 59.5 Å². The standard InChI is InChI=1S/C20H21N3O/c21-20-22-17-12-15(19(24)14-9-5-2-6-10-14)11-16(18(17)23-20)13-7-3-1-4-8-13/h2,5-6,9-13H,1,3-4,7-8H2,(H3,21,22,23). The van der Waals surface area contributed by atoms with Crippen molar-refractivity contribution in [3.05, 3.63) is 59.2 Å². The van der Waals surface area contributed by atoms with Crippen LogP contribution in [0.15, 0.2) is 42.5 Å². The third kappa shape index (κ3) is 2.68. The van der Waals surface area contributed by atoms with E-state index < -0.39 is 0 Å². The lowest BCUT2D eigenvalue weighted by molar-refractivity contribution is 0.103. The van der Waals surface area contributed by atoms with Gasteiger partial charge in [0.25, 0.3) is 0 Å². The quantitative estimate of drug-likeness (QED) is 0.702. The molecule has 2 aromatic carbocycles. The van der Waals surface area contributed by atoms with E-state index >= 15 is 0 Å². The number of hydrogen-bond donors (Lipinski definition) is 2. The molecule has 3 N–H and O–H groups in total. The van der Waals surface area contributed by atoms with E-state index in [4.69, 9.17) is 5.73 Å². The van der Waals surface area contributed by atoms with Crippen LogP contribution in [0.25, 0.3) is 11.0 Å². The first kappa shape index (κ1) is 14.9. The maximum absolute atomic E-state index is 12.9. The number of rotatable bonds is 3. The van der Waals surface area contributed by atoms with E-state index in [-0.39, 0.29) is 5.78 Å². The van der Waals surface area contributed by atoms with Gasteiger partial charge in [0, 0.05) is 11.1 Å². The summed E-state index contributed by atoms with van der Waals surface area (Å²) in [6.45, 7) is 0. The highest BCUT2D eigenvalue weighted by Gasteiger charge is 2.22. The highest BCUT2D eigenvalue weighted by molar-refractivity contribution is 6.10. The Hall–Kier alpha value is -2.62. The van der Waals surface area contributed by atoms with Crippen LogP contribution in [-0.2, 0) is 0 Å². The molecule has 0 unspecified atom stereocenters. The van der Waals surface area contributed by atoms with E-state index in [1.165, 1.54) is 24.8 Å². The Kier molecular flexibility index (Phi) is 3.81. The average molecular weight is 319 g/mol. The summed E-state index contributed by atoms with van der Waals surface area (Å²) in [5.41, 5.74) is 10.2. The molecule has 1 aliphatic carbocycles. The Morgan fingerprint density at radius 2 is 1.79 bits per heavy atom. The molecule has 1 aromatic heterocycles. The van der Waals surface area contributed by atoms with E-state index in [9.17, 15) is 4.79 Å². The topological polar surface area (TPSA) is 71.8 Å². The number of nitrogen functional groups attached to an aromatic ring is 1. The Bertz CT molecular complexity index is 877. The number of nitrogens with two attached hydrogens (primary N) is 1. The molecule has 1 saturated carbocycles. The van der Waals surface area contributed by atoms with Gasteiger partial charge < -0.3 is 10.7 Å². The number of nitrogens with zero attached hydrogens (tertiary/aromatic N) is 1. The fraction of sp³-hybridized carbons (Fsp3) is 0.300. The van der Waals surface area contributed by atoms with Gasteiger partial charge in [-0.05, 0) is 36.5 Å². The van der Waals surface area contributed by atoms with Gasteiger partial charge in [0.1, 0.15) is 0 Å². The number of imidazole rings is 1. The highest BCUT2D eigenvalue weighted by Crippen LogP contribution is 2.37. The molecule has 0 atom stereocenters. The predicted molar refractivity (Wildman–Crippen MR) is 96.2 cm³/mol. The molecule has 4 rings (SSSR count). The molecule has 1 heterocycles. The number of aromatic nitrogens is 2. The first-order valence-electron chi connectivity index (χ1n) is 8.61. The average Bonchev–Trinajstić information content (AvgIpc) is 3.02. The summed E-state index contributed by atoms with van der Waals surface area (Å²) in [7, 11) is 0. The minimum Gasteiger partial charge on any atom is -0.369 e. The molecule has 24 heavy (non-hydrogen) atoms. The minimum atomic E-state index is 0.0442. The van der Waals surface area contributed by atoms with Crippen molar-refractivity contribution in [2.24, 2.45) is 0 Å². The van der Waals surface area contributed by atoms with Crippen LogP contribution in [0, 0.1) is 0 Å². The number of carbonyl (C=O) groups is 1. The van der Waals surface area contributed by atoms with Crippen molar-refractivity contribution < 1.29 is 4.79 Å². The SMILES string of the molecule is Nc1nc2c(C3CCCCC3)cc(C(=O)c3ccccc3)cc2[nH]1. The van der Waals surface area contributed by atoms with Gasteiger partial charge in [-0.25, -0.2) is 4.98 Å². The molecule has 0 bridgehead atoms. The van der Waals surface area contributed by atoms with Crippen molar-refractivity contribution >= 4 is 22.8 Å². The Morgan fingerprint density at radius 1 is 1.04 bits per heavy atom. The van der Waals surface area contributed by atoms with Gasteiger partial charge in [-0.2, -0.15) is 0 Å². The van der Waals surface area contributed by atoms with Gasteiger partial charge in [-0.1, -0.05) is 49.6 Å². The lowest BCUT2D eigenvalue weighted by atomic mass is 9.82. The molecular formula is C20H21N3O. The van der Waals surface area contributed by atoms with E-state index in [1.54, 1.807) is 0 Å². The van der Waals surface area contributed by atoms with Gasteiger partial charge >= 0.3 is 0 Å². The second kappa shape index (κ2) is 6.11. The van der Waals surface area contributed by atoms with Crippen molar-refractivity contribution in [1.82, 2.24) is 9.97 Å². The number of H-pyrrole nitrogens is 1. The summed E-state index contributed by atoms with van der Waals surface area (Å²) in [4.78, 5) is 20.4. The van der Waals surface area contributed by atoms with Gasteiger partial charge in [-0.3, -0.25) is 4.79 Å². The summed E-state index contributed by atoms with van der Waals surface area (Å²) in [5.74, 6) is 0.918. The molecular weight excluding hydrogens is 298 g/mol. The van der Waals surface area contributed by atoms with Crippen LogP contribution in [0.3, 0.4) is 0 Å². The number of nitrogens with one attached hydrogen (secondary N) is 1. The highest BCUT2D eigenvalue weighted by atomic mass is 16.1. The summed E-state index contributed by atoms with van der Waals surface area (Å²) >= 11 is 0. The molecule has 0 spiro atoms. The summed E-state index contributed by atoms with van der Waals surface area (Å²) in [5, 5.41) is 0. The Labute approximate surface area is 141 Å².